The van der Waals surface area contributed by atoms with Crippen LogP contribution in [0.15, 0.2) is 12.3 Å². The molecule has 1 aromatic rings. The van der Waals surface area contributed by atoms with E-state index in [1.807, 2.05) is 19.3 Å². The first-order chi connectivity index (χ1) is 7.18. The first-order valence-electron chi connectivity index (χ1n) is 4.74. The molecule has 0 spiro atoms. The number of nitrogens with zero attached hydrogens (tertiary/aromatic N) is 2. The van der Waals surface area contributed by atoms with Crippen LogP contribution in [0.4, 0.5) is 0 Å². The summed E-state index contributed by atoms with van der Waals surface area (Å²) in [5, 5.41) is 7.33. The number of aromatic nitrogens is 2. The van der Waals surface area contributed by atoms with E-state index in [4.69, 9.17) is 10.5 Å². The van der Waals surface area contributed by atoms with Crippen LogP contribution >= 0.6 is 0 Å². The summed E-state index contributed by atoms with van der Waals surface area (Å²) in [6.07, 6.45) is 1.89. The smallest absolute Gasteiger partial charge is 0.243 e. The van der Waals surface area contributed by atoms with Crippen LogP contribution in [0.5, 0.6) is 0 Å². The maximum Gasteiger partial charge on any atom is 0.243 e. The van der Waals surface area contributed by atoms with Crippen LogP contribution in [0, 0.1) is 0 Å². The summed E-state index contributed by atoms with van der Waals surface area (Å²) < 4.78 is 6.73. The summed E-state index contributed by atoms with van der Waals surface area (Å²) in [6, 6.07) is 1.94. The maximum absolute atomic E-state index is 10.3. The molecule has 0 bridgehead atoms. The summed E-state index contributed by atoms with van der Waals surface area (Å²) in [6.45, 7) is 1.81. The fraction of sp³-hybridized carbons (Fsp3) is 0.556. The van der Waals surface area contributed by atoms with Crippen LogP contribution in [-0.4, -0.2) is 35.4 Å². The van der Waals surface area contributed by atoms with E-state index in [0.29, 0.717) is 19.7 Å². The zero-order chi connectivity index (χ0) is 11.1. The molecule has 15 heavy (non-hydrogen) atoms. The Hall–Kier alpha value is -1.40. The summed E-state index contributed by atoms with van der Waals surface area (Å²) >= 11 is 0. The van der Waals surface area contributed by atoms with Crippen molar-refractivity contribution in [2.24, 2.45) is 12.8 Å². The number of ether oxygens (including phenoxy) is 1. The Balaban J connectivity index is 2.00. The van der Waals surface area contributed by atoms with Crippen LogP contribution in [-0.2, 0) is 23.1 Å². The van der Waals surface area contributed by atoms with Crippen molar-refractivity contribution in [2.75, 3.05) is 19.8 Å². The molecule has 0 fully saturated rings. The van der Waals surface area contributed by atoms with Gasteiger partial charge in [-0.2, -0.15) is 5.10 Å². The van der Waals surface area contributed by atoms with E-state index in [1.165, 1.54) is 0 Å². The number of amides is 1. The maximum atomic E-state index is 10.3. The highest BCUT2D eigenvalue weighted by atomic mass is 16.5. The largest absolute Gasteiger partial charge is 0.370 e. The number of hydrogen-bond donors (Lipinski definition) is 2. The Labute approximate surface area is 88.4 Å². The van der Waals surface area contributed by atoms with Gasteiger partial charge in [0.25, 0.3) is 0 Å². The summed E-state index contributed by atoms with van der Waals surface area (Å²) in [7, 11) is 1.87. The first kappa shape index (κ1) is 11.7. The lowest BCUT2D eigenvalue weighted by molar-refractivity contribution is -0.122. The third-order valence-corrected chi connectivity index (χ3v) is 1.74. The number of aryl methyl sites for hydroxylation is 1. The van der Waals surface area contributed by atoms with E-state index in [0.717, 1.165) is 5.69 Å². The number of primary amides is 1. The molecule has 0 aromatic carbocycles. The molecule has 6 nitrogen and oxygen atoms in total. The Bertz CT molecular complexity index is 311. The highest BCUT2D eigenvalue weighted by molar-refractivity contribution is 5.74. The van der Waals surface area contributed by atoms with Crippen molar-refractivity contribution < 1.29 is 9.53 Å². The third-order valence-electron chi connectivity index (χ3n) is 1.74. The lowest BCUT2D eigenvalue weighted by Crippen LogP contribution is -2.23. The molecule has 0 aliphatic carbocycles. The number of carbonyl (C=O) groups is 1. The van der Waals surface area contributed by atoms with Crippen molar-refractivity contribution in [1.82, 2.24) is 15.1 Å². The van der Waals surface area contributed by atoms with Gasteiger partial charge in [-0.1, -0.05) is 0 Å². The monoisotopic (exact) mass is 212 g/mol. The zero-order valence-electron chi connectivity index (χ0n) is 8.77. The fourth-order valence-corrected chi connectivity index (χ4v) is 1.09. The second kappa shape index (κ2) is 6.15. The predicted octanol–water partition coefficient (Wildman–Crippen LogP) is -0.988. The second-order valence-electron chi connectivity index (χ2n) is 3.18. The number of rotatable bonds is 7. The van der Waals surface area contributed by atoms with Crippen LogP contribution in [0.3, 0.4) is 0 Å². The van der Waals surface area contributed by atoms with Gasteiger partial charge in [-0.25, -0.2) is 0 Å². The highest BCUT2D eigenvalue weighted by Crippen LogP contribution is 1.91. The number of nitrogens with one attached hydrogen (secondary N) is 1. The van der Waals surface area contributed by atoms with E-state index in [-0.39, 0.29) is 6.61 Å². The van der Waals surface area contributed by atoms with Gasteiger partial charge >= 0.3 is 0 Å². The molecule has 84 valence electrons. The van der Waals surface area contributed by atoms with Gasteiger partial charge in [0.2, 0.25) is 5.91 Å². The van der Waals surface area contributed by atoms with Crippen LogP contribution in [0.1, 0.15) is 5.69 Å². The van der Waals surface area contributed by atoms with Gasteiger partial charge in [-0.05, 0) is 6.07 Å². The molecular formula is C9H16N4O2. The van der Waals surface area contributed by atoms with Gasteiger partial charge in [0.15, 0.2) is 0 Å². The van der Waals surface area contributed by atoms with Gasteiger partial charge in [0.1, 0.15) is 6.61 Å². The molecule has 6 heteroatoms. The quantitative estimate of drug-likeness (QED) is 0.569. The normalized spacial score (nSPS) is 10.5. The first-order valence-corrected chi connectivity index (χ1v) is 4.74. The molecule has 0 saturated carbocycles. The predicted molar refractivity (Wildman–Crippen MR) is 54.9 cm³/mol. The van der Waals surface area contributed by atoms with E-state index in [1.54, 1.807) is 4.68 Å². The van der Waals surface area contributed by atoms with Crippen molar-refractivity contribution in [3.05, 3.63) is 18.0 Å². The Morgan fingerprint density at radius 1 is 1.73 bits per heavy atom. The Kier molecular flexibility index (Phi) is 4.79. The van der Waals surface area contributed by atoms with Crippen LogP contribution in [0.2, 0.25) is 0 Å². The van der Waals surface area contributed by atoms with E-state index in [2.05, 4.69) is 10.4 Å². The molecule has 1 rings (SSSR count). The van der Waals surface area contributed by atoms with Gasteiger partial charge < -0.3 is 15.8 Å². The minimum atomic E-state index is -0.445. The minimum Gasteiger partial charge on any atom is -0.370 e. The van der Waals surface area contributed by atoms with E-state index < -0.39 is 5.91 Å². The van der Waals surface area contributed by atoms with Crippen molar-refractivity contribution in [1.29, 1.82) is 0 Å². The lowest BCUT2D eigenvalue weighted by atomic mass is 10.4. The fourth-order valence-electron chi connectivity index (χ4n) is 1.09. The zero-order valence-corrected chi connectivity index (χ0v) is 8.77. The topological polar surface area (TPSA) is 82.2 Å². The average molecular weight is 212 g/mol. The molecule has 0 radical (unpaired) electrons. The van der Waals surface area contributed by atoms with Gasteiger partial charge in [0.05, 0.1) is 12.3 Å². The summed E-state index contributed by atoms with van der Waals surface area (Å²) in [4.78, 5) is 10.3. The molecule has 0 aliphatic rings. The summed E-state index contributed by atoms with van der Waals surface area (Å²) in [5.41, 5.74) is 5.88. The Morgan fingerprint density at radius 3 is 3.13 bits per heavy atom. The van der Waals surface area contributed by atoms with Gasteiger partial charge in [0, 0.05) is 26.3 Å². The molecule has 0 atom stereocenters. The van der Waals surface area contributed by atoms with Gasteiger partial charge in [-0.3, -0.25) is 9.48 Å². The standard InChI is InChI=1S/C9H16N4O2/c1-13-4-2-8(12-13)6-11-3-5-15-7-9(10)14/h2,4,11H,3,5-7H2,1H3,(H2,10,14). The van der Waals surface area contributed by atoms with Crippen molar-refractivity contribution in [3.63, 3.8) is 0 Å². The molecule has 1 amide bonds. The van der Waals surface area contributed by atoms with Crippen LogP contribution < -0.4 is 11.1 Å². The van der Waals surface area contributed by atoms with Crippen LogP contribution in [0.25, 0.3) is 0 Å². The van der Waals surface area contributed by atoms with Crippen molar-refractivity contribution >= 4 is 5.91 Å². The third kappa shape index (κ3) is 5.14. The molecule has 0 aliphatic heterocycles. The lowest BCUT2D eigenvalue weighted by Gasteiger charge is -2.02. The molecule has 1 aromatic heterocycles. The minimum absolute atomic E-state index is 0.0226. The molecule has 0 unspecified atom stereocenters. The molecule has 3 N–H and O–H groups in total. The SMILES string of the molecule is Cn1ccc(CNCCOCC(N)=O)n1. The molecule has 0 saturated heterocycles. The molecule has 1 heterocycles. The number of nitrogens with two attached hydrogens (primary N) is 1. The highest BCUT2D eigenvalue weighted by Gasteiger charge is 1.96. The number of carbonyl (C=O) groups excluding carboxylic acids is 1. The molecular weight excluding hydrogens is 196 g/mol. The Morgan fingerprint density at radius 2 is 2.53 bits per heavy atom. The summed E-state index contributed by atoms with van der Waals surface area (Å²) in [5.74, 6) is -0.445. The van der Waals surface area contributed by atoms with Gasteiger partial charge in [-0.15, -0.1) is 0 Å². The van der Waals surface area contributed by atoms with Crippen molar-refractivity contribution in [2.45, 2.75) is 6.54 Å². The number of hydrogen-bond acceptors (Lipinski definition) is 4. The second-order valence-corrected chi connectivity index (χ2v) is 3.18. The average Bonchev–Trinajstić information content (AvgIpc) is 2.57. The van der Waals surface area contributed by atoms with E-state index in [9.17, 15) is 4.79 Å². The van der Waals surface area contributed by atoms with Crippen molar-refractivity contribution in [3.8, 4) is 0 Å². The van der Waals surface area contributed by atoms with E-state index >= 15 is 0 Å².